The highest BCUT2D eigenvalue weighted by Crippen LogP contribution is 2.26. The summed E-state index contributed by atoms with van der Waals surface area (Å²) in [5.74, 6) is 0. The molecule has 78 valence electrons. The van der Waals surface area contributed by atoms with Gasteiger partial charge >= 0.3 is 0 Å². The molecular weight excluding hydrogens is 196 g/mol. The molecule has 1 aromatic heterocycles. The molecule has 14 heavy (non-hydrogen) atoms. The van der Waals surface area contributed by atoms with E-state index in [0.717, 1.165) is 25.3 Å². The van der Waals surface area contributed by atoms with Crippen LogP contribution in [0.15, 0.2) is 6.07 Å². The number of rotatable bonds is 3. The van der Waals surface area contributed by atoms with E-state index in [1.165, 1.54) is 4.88 Å². The van der Waals surface area contributed by atoms with Crippen molar-refractivity contribution in [3.05, 3.63) is 16.6 Å². The maximum absolute atomic E-state index is 5.39. The van der Waals surface area contributed by atoms with Crippen molar-refractivity contribution in [1.29, 1.82) is 0 Å². The number of hydrogen-bond donors (Lipinski definition) is 0. The van der Waals surface area contributed by atoms with Crippen LogP contribution in [0.25, 0.3) is 0 Å². The zero-order valence-corrected chi connectivity index (χ0v) is 9.73. The normalized spacial score (nSPS) is 20.8. The fourth-order valence-corrected chi connectivity index (χ4v) is 2.63. The molecule has 0 aromatic carbocycles. The van der Waals surface area contributed by atoms with Crippen molar-refractivity contribution < 1.29 is 4.74 Å². The molecule has 3 nitrogen and oxygen atoms in total. The van der Waals surface area contributed by atoms with Crippen LogP contribution in [0.1, 0.15) is 17.5 Å². The molecule has 0 aliphatic carbocycles. The highest BCUT2D eigenvalue weighted by Gasteiger charge is 2.38. The molecular formula is C10H16N2OS. The second-order valence-electron chi connectivity index (χ2n) is 4.23. The van der Waals surface area contributed by atoms with Crippen LogP contribution in [0.5, 0.6) is 0 Å². The van der Waals surface area contributed by atoms with Crippen LogP contribution < -0.4 is 0 Å². The zero-order valence-electron chi connectivity index (χ0n) is 8.91. The smallest absolute Gasteiger partial charge is 0.0903 e. The van der Waals surface area contributed by atoms with Crippen LogP contribution in [-0.2, 0) is 11.3 Å². The summed E-state index contributed by atoms with van der Waals surface area (Å²) in [6.07, 6.45) is 0. The third-order valence-corrected chi connectivity index (χ3v) is 3.53. The minimum Gasteiger partial charge on any atom is -0.376 e. The van der Waals surface area contributed by atoms with Gasteiger partial charge in [0, 0.05) is 31.6 Å². The minimum atomic E-state index is 0.0831. The first-order valence-corrected chi connectivity index (χ1v) is 5.58. The first kappa shape index (κ1) is 10.1. The lowest BCUT2D eigenvalue weighted by molar-refractivity contribution is -0.114. The largest absolute Gasteiger partial charge is 0.376 e. The SMILES string of the molecule is COC1(C)CN(Cc2cc(C)ns2)C1. The van der Waals surface area contributed by atoms with E-state index >= 15 is 0 Å². The molecule has 0 saturated carbocycles. The van der Waals surface area contributed by atoms with Crippen molar-refractivity contribution in [2.75, 3.05) is 20.2 Å². The zero-order chi connectivity index (χ0) is 10.2. The van der Waals surface area contributed by atoms with E-state index in [9.17, 15) is 0 Å². The summed E-state index contributed by atoms with van der Waals surface area (Å²) in [5, 5.41) is 0. The van der Waals surface area contributed by atoms with Crippen LogP contribution in [0.2, 0.25) is 0 Å². The lowest BCUT2D eigenvalue weighted by atomic mass is 9.96. The van der Waals surface area contributed by atoms with E-state index in [0.29, 0.717) is 0 Å². The first-order valence-electron chi connectivity index (χ1n) is 4.81. The van der Waals surface area contributed by atoms with Crippen molar-refractivity contribution in [2.45, 2.75) is 26.0 Å². The Kier molecular flexibility index (Phi) is 2.60. The summed E-state index contributed by atoms with van der Waals surface area (Å²) in [7, 11) is 1.79. The van der Waals surface area contributed by atoms with Gasteiger partial charge in [-0.25, -0.2) is 0 Å². The van der Waals surface area contributed by atoms with Gasteiger partial charge in [0.2, 0.25) is 0 Å². The summed E-state index contributed by atoms with van der Waals surface area (Å²) in [4.78, 5) is 3.73. The number of aromatic nitrogens is 1. The number of likely N-dealkylation sites (tertiary alicyclic amines) is 1. The average Bonchev–Trinajstić information content (AvgIpc) is 2.48. The van der Waals surface area contributed by atoms with Crippen molar-refractivity contribution in [1.82, 2.24) is 9.27 Å². The highest BCUT2D eigenvalue weighted by molar-refractivity contribution is 7.05. The van der Waals surface area contributed by atoms with Gasteiger partial charge in [-0.2, -0.15) is 4.37 Å². The van der Waals surface area contributed by atoms with Gasteiger partial charge in [0.05, 0.1) is 11.3 Å². The lowest BCUT2D eigenvalue weighted by Gasteiger charge is -2.46. The van der Waals surface area contributed by atoms with Crippen LogP contribution in [0.4, 0.5) is 0 Å². The summed E-state index contributed by atoms with van der Waals surface area (Å²) < 4.78 is 9.66. The van der Waals surface area contributed by atoms with Crippen molar-refractivity contribution in [3.8, 4) is 0 Å². The molecule has 1 aliphatic rings. The third-order valence-electron chi connectivity index (χ3n) is 2.67. The Morgan fingerprint density at radius 2 is 2.36 bits per heavy atom. The van der Waals surface area contributed by atoms with Crippen LogP contribution in [0.3, 0.4) is 0 Å². The first-order chi connectivity index (χ1) is 6.61. The highest BCUT2D eigenvalue weighted by atomic mass is 32.1. The van der Waals surface area contributed by atoms with E-state index in [-0.39, 0.29) is 5.60 Å². The average molecular weight is 212 g/mol. The third kappa shape index (κ3) is 1.97. The van der Waals surface area contributed by atoms with Gasteiger partial charge in [-0.1, -0.05) is 0 Å². The topological polar surface area (TPSA) is 25.4 Å². The maximum atomic E-state index is 5.39. The predicted molar refractivity (Wildman–Crippen MR) is 57.5 cm³/mol. The molecule has 2 heterocycles. The summed E-state index contributed by atoms with van der Waals surface area (Å²) in [6.45, 7) is 7.27. The minimum absolute atomic E-state index is 0.0831. The van der Waals surface area contributed by atoms with Gasteiger partial charge in [-0.3, -0.25) is 4.90 Å². The van der Waals surface area contributed by atoms with E-state index < -0.39 is 0 Å². The molecule has 1 aliphatic heterocycles. The fraction of sp³-hybridized carbons (Fsp3) is 0.700. The van der Waals surface area contributed by atoms with Gasteiger partial charge in [-0.05, 0) is 31.4 Å². The number of nitrogens with zero attached hydrogens (tertiary/aromatic N) is 2. The molecule has 0 radical (unpaired) electrons. The molecule has 0 spiro atoms. The molecule has 0 amide bonds. The summed E-state index contributed by atoms with van der Waals surface area (Å²) in [6, 6.07) is 2.16. The molecule has 0 bridgehead atoms. The van der Waals surface area contributed by atoms with Gasteiger partial charge in [0.25, 0.3) is 0 Å². The number of methoxy groups -OCH3 is 1. The van der Waals surface area contributed by atoms with Gasteiger partial charge in [0.1, 0.15) is 0 Å². The lowest BCUT2D eigenvalue weighted by Crippen LogP contribution is -2.60. The molecule has 2 rings (SSSR count). The van der Waals surface area contributed by atoms with E-state index in [1.807, 2.05) is 6.92 Å². The van der Waals surface area contributed by atoms with Crippen molar-refractivity contribution in [2.24, 2.45) is 0 Å². The van der Waals surface area contributed by atoms with Crippen molar-refractivity contribution >= 4 is 11.5 Å². The number of aryl methyl sites for hydroxylation is 1. The quantitative estimate of drug-likeness (QED) is 0.762. The van der Waals surface area contributed by atoms with Gasteiger partial charge < -0.3 is 4.74 Å². The van der Waals surface area contributed by atoms with Crippen LogP contribution >= 0.6 is 11.5 Å². The molecule has 0 unspecified atom stereocenters. The summed E-state index contributed by atoms with van der Waals surface area (Å²) in [5.41, 5.74) is 1.21. The van der Waals surface area contributed by atoms with Crippen LogP contribution in [0, 0.1) is 6.92 Å². The summed E-state index contributed by atoms with van der Waals surface area (Å²) >= 11 is 1.60. The second kappa shape index (κ2) is 3.61. The van der Waals surface area contributed by atoms with E-state index in [1.54, 1.807) is 18.6 Å². The monoisotopic (exact) mass is 212 g/mol. The fourth-order valence-electron chi connectivity index (χ4n) is 1.85. The molecule has 4 heteroatoms. The molecule has 1 aromatic rings. The maximum Gasteiger partial charge on any atom is 0.0903 e. The molecule has 0 atom stereocenters. The second-order valence-corrected chi connectivity index (χ2v) is 5.12. The van der Waals surface area contributed by atoms with Crippen LogP contribution in [-0.4, -0.2) is 35.1 Å². The molecule has 1 fully saturated rings. The Balaban J connectivity index is 1.85. The molecule has 0 N–H and O–H groups in total. The number of hydrogen-bond acceptors (Lipinski definition) is 4. The standard InChI is InChI=1S/C10H16N2OS/c1-8-4-9(14-11-8)5-12-6-10(2,7-12)13-3/h4H,5-7H2,1-3H3. The Labute approximate surface area is 88.9 Å². The van der Waals surface area contributed by atoms with Crippen molar-refractivity contribution in [3.63, 3.8) is 0 Å². The van der Waals surface area contributed by atoms with Gasteiger partial charge in [0.15, 0.2) is 0 Å². The van der Waals surface area contributed by atoms with E-state index in [4.69, 9.17) is 4.74 Å². The number of ether oxygens (including phenoxy) is 1. The molecule has 1 saturated heterocycles. The van der Waals surface area contributed by atoms with Gasteiger partial charge in [-0.15, -0.1) is 0 Å². The Bertz CT molecular complexity index is 318. The Morgan fingerprint density at radius 1 is 1.64 bits per heavy atom. The Morgan fingerprint density at radius 3 is 2.86 bits per heavy atom. The van der Waals surface area contributed by atoms with E-state index in [2.05, 4.69) is 22.3 Å². The predicted octanol–water partition coefficient (Wildman–Crippen LogP) is 1.67. The Hall–Kier alpha value is -0.450.